The summed E-state index contributed by atoms with van der Waals surface area (Å²) in [5, 5.41) is 0. The average molecular weight is 291 g/mol. The molecule has 1 aliphatic rings. The van der Waals surface area contributed by atoms with E-state index in [-0.39, 0.29) is 5.91 Å². The smallest absolute Gasteiger partial charge is 0.226 e. The van der Waals surface area contributed by atoms with Gasteiger partial charge in [-0.25, -0.2) is 0 Å². The summed E-state index contributed by atoms with van der Waals surface area (Å²) < 4.78 is 10.3. The van der Waals surface area contributed by atoms with Crippen molar-refractivity contribution >= 4 is 5.91 Å². The SMILES string of the molecule is COCCC1CCN(C(=O)Cc2ccc(OC)cc2)CC1. The van der Waals surface area contributed by atoms with E-state index in [1.54, 1.807) is 14.2 Å². The molecule has 4 heteroatoms. The Morgan fingerprint density at radius 2 is 1.86 bits per heavy atom. The van der Waals surface area contributed by atoms with E-state index in [2.05, 4.69) is 0 Å². The highest BCUT2D eigenvalue weighted by atomic mass is 16.5. The van der Waals surface area contributed by atoms with E-state index in [0.717, 1.165) is 50.3 Å². The molecule has 0 bridgehead atoms. The molecule has 1 fully saturated rings. The predicted molar refractivity (Wildman–Crippen MR) is 82.5 cm³/mol. The number of methoxy groups -OCH3 is 2. The highest BCUT2D eigenvalue weighted by Gasteiger charge is 2.22. The molecule has 0 unspecified atom stereocenters. The fourth-order valence-electron chi connectivity index (χ4n) is 2.79. The molecule has 21 heavy (non-hydrogen) atoms. The Balaban J connectivity index is 1.78. The fourth-order valence-corrected chi connectivity index (χ4v) is 2.79. The van der Waals surface area contributed by atoms with Crippen LogP contribution in [0.25, 0.3) is 0 Å². The number of hydrogen-bond donors (Lipinski definition) is 0. The Hall–Kier alpha value is -1.55. The number of hydrogen-bond acceptors (Lipinski definition) is 3. The van der Waals surface area contributed by atoms with Crippen LogP contribution in [0.1, 0.15) is 24.8 Å². The molecule has 2 rings (SSSR count). The standard InChI is InChI=1S/C17H25NO3/c1-20-12-9-14-7-10-18(11-8-14)17(19)13-15-3-5-16(21-2)6-4-15/h3-6,14H,7-13H2,1-2H3. The van der Waals surface area contributed by atoms with Crippen LogP contribution in [0.2, 0.25) is 0 Å². The van der Waals surface area contributed by atoms with Crippen molar-refractivity contribution in [2.75, 3.05) is 33.9 Å². The van der Waals surface area contributed by atoms with Crippen molar-refractivity contribution in [3.8, 4) is 5.75 Å². The molecule has 0 N–H and O–H groups in total. The minimum Gasteiger partial charge on any atom is -0.497 e. The minimum absolute atomic E-state index is 0.227. The van der Waals surface area contributed by atoms with Crippen LogP contribution in [0.3, 0.4) is 0 Å². The zero-order valence-electron chi connectivity index (χ0n) is 13.0. The Labute approximate surface area is 127 Å². The van der Waals surface area contributed by atoms with Crippen molar-refractivity contribution in [1.82, 2.24) is 4.90 Å². The molecule has 0 aromatic heterocycles. The number of benzene rings is 1. The summed E-state index contributed by atoms with van der Waals surface area (Å²) in [4.78, 5) is 14.3. The van der Waals surface area contributed by atoms with Crippen molar-refractivity contribution in [1.29, 1.82) is 0 Å². The summed E-state index contributed by atoms with van der Waals surface area (Å²) in [6.45, 7) is 2.58. The van der Waals surface area contributed by atoms with E-state index in [1.165, 1.54) is 0 Å². The van der Waals surface area contributed by atoms with Gasteiger partial charge in [0.15, 0.2) is 0 Å². The van der Waals surface area contributed by atoms with Crippen LogP contribution in [0, 0.1) is 5.92 Å². The minimum atomic E-state index is 0.227. The number of carbonyl (C=O) groups is 1. The average Bonchev–Trinajstić information content (AvgIpc) is 2.54. The van der Waals surface area contributed by atoms with Crippen molar-refractivity contribution in [2.24, 2.45) is 5.92 Å². The summed E-state index contributed by atoms with van der Waals surface area (Å²) in [6, 6.07) is 7.73. The van der Waals surface area contributed by atoms with E-state index >= 15 is 0 Å². The molecular formula is C17H25NO3. The van der Waals surface area contributed by atoms with Gasteiger partial charge in [-0.2, -0.15) is 0 Å². The first-order valence-corrected chi connectivity index (χ1v) is 7.62. The van der Waals surface area contributed by atoms with Gasteiger partial charge < -0.3 is 14.4 Å². The number of nitrogens with zero attached hydrogens (tertiary/aromatic N) is 1. The van der Waals surface area contributed by atoms with Gasteiger partial charge >= 0.3 is 0 Å². The maximum absolute atomic E-state index is 12.3. The predicted octanol–water partition coefficient (Wildman–Crippen LogP) is 2.51. The van der Waals surface area contributed by atoms with Gasteiger partial charge in [-0.3, -0.25) is 4.79 Å². The summed E-state index contributed by atoms with van der Waals surface area (Å²) in [5.41, 5.74) is 1.04. The largest absolute Gasteiger partial charge is 0.497 e. The molecule has 116 valence electrons. The molecule has 0 atom stereocenters. The molecule has 0 radical (unpaired) electrons. The van der Waals surface area contributed by atoms with Crippen molar-refractivity contribution in [2.45, 2.75) is 25.7 Å². The number of likely N-dealkylation sites (tertiary alicyclic amines) is 1. The number of rotatable bonds is 6. The lowest BCUT2D eigenvalue weighted by Crippen LogP contribution is -2.39. The lowest BCUT2D eigenvalue weighted by molar-refractivity contribution is -0.131. The molecule has 1 heterocycles. The van der Waals surface area contributed by atoms with Gasteiger partial charge in [0.05, 0.1) is 13.5 Å². The van der Waals surface area contributed by atoms with E-state index in [0.29, 0.717) is 12.3 Å². The van der Waals surface area contributed by atoms with Gasteiger partial charge in [0.25, 0.3) is 0 Å². The maximum atomic E-state index is 12.3. The zero-order valence-corrected chi connectivity index (χ0v) is 13.0. The molecule has 1 aliphatic heterocycles. The Morgan fingerprint density at radius 1 is 1.19 bits per heavy atom. The first kappa shape index (κ1) is 15.8. The molecule has 0 saturated carbocycles. The molecule has 4 nitrogen and oxygen atoms in total. The first-order chi connectivity index (χ1) is 10.2. The third-order valence-corrected chi connectivity index (χ3v) is 4.21. The number of ether oxygens (including phenoxy) is 2. The lowest BCUT2D eigenvalue weighted by atomic mass is 9.93. The number of carbonyl (C=O) groups excluding carboxylic acids is 1. The zero-order chi connectivity index (χ0) is 15.1. The molecule has 1 saturated heterocycles. The van der Waals surface area contributed by atoms with Crippen LogP contribution in [0.5, 0.6) is 5.75 Å². The highest BCUT2D eigenvalue weighted by Crippen LogP contribution is 2.21. The van der Waals surface area contributed by atoms with Crippen molar-refractivity contribution < 1.29 is 14.3 Å². The van der Waals surface area contributed by atoms with E-state index < -0.39 is 0 Å². The topological polar surface area (TPSA) is 38.8 Å². The summed E-state index contributed by atoms with van der Waals surface area (Å²) >= 11 is 0. The molecule has 1 amide bonds. The summed E-state index contributed by atoms with van der Waals surface area (Å²) in [5.74, 6) is 1.76. The van der Waals surface area contributed by atoms with Crippen LogP contribution >= 0.6 is 0 Å². The van der Waals surface area contributed by atoms with Crippen LogP contribution in [0.4, 0.5) is 0 Å². The van der Waals surface area contributed by atoms with Crippen LogP contribution in [-0.2, 0) is 16.0 Å². The monoisotopic (exact) mass is 291 g/mol. The van der Waals surface area contributed by atoms with E-state index in [9.17, 15) is 4.79 Å². The lowest BCUT2D eigenvalue weighted by Gasteiger charge is -2.32. The van der Waals surface area contributed by atoms with E-state index in [1.807, 2.05) is 29.2 Å². The van der Waals surface area contributed by atoms with Gasteiger partial charge in [-0.15, -0.1) is 0 Å². The first-order valence-electron chi connectivity index (χ1n) is 7.62. The van der Waals surface area contributed by atoms with Gasteiger partial charge in [0.2, 0.25) is 5.91 Å². The highest BCUT2D eigenvalue weighted by molar-refractivity contribution is 5.78. The van der Waals surface area contributed by atoms with Gasteiger partial charge in [-0.05, 0) is 42.9 Å². The molecule has 1 aromatic rings. The van der Waals surface area contributed by atoms with Crippen molar-refractivity contribution in [3.63, 3.8) is 0 Å². The third kappa shape index (κ3) is 4.74. The third-order valence-electron chi connectivity index (χ3n) is 4.21. The number of amides is 1. The Bertz CT molecular complexity index is 436. The van der Waals surface area contributed by atoms with Crippen LogP contribution < -0.4 is 4.74 Å². The normalized spacial score (nSPS) is 16.0. The Kier molecular flexibility index (Phi) is 6.05. The van der Waals surface area contributed by atoms with Gasteiger partial charge in [-0.1, -0.05) is 12.1 Å². The fraction of sp³-hybridized carbons (Fsp3) is 0.588. The van der Waals surface area contributed by atoms with Gasteiger partial charge in [0.1, 0.15) is 5.75 Å². The second-order valence-corrected chi connectivity index (χ2v) is 5.63. The van der Waals surface area contributed by atoms with Crippen LogP contribution in [-0.4, -0.2) is 44.7 Å². The van der Waals surface area contributed by atoms with Gasteiger partial charge in [0, 0.05) is 26.8 Å². The van der Waals surface area contributed by atoms with E-state index in [4.69, 9.17) is 9.47 Å². The molecule has 0 spiro atoms. The second-order valence-electron chi connectivity index (χ2n) is 5.63. The Morgan fingerprint density at radius 3 is 2.43 bits per heavy atom. The molecular weight excluding hydrogens is 266 g/mol. The van der Waals surface area contributed by atoms with Crippen molar-refractivity contribution in [3.05, 3.63) is 29.8 Å². The quantitative estimate of drug-likeness (QED) is 0.808. The maximum Gasteiger partial charge on any atom is 0.226 e. The summed E-state index contributed by atoms with van der Waals surface area (Å²) in [7, 11) is 3.39. The molecule has 0 aliphatic carbocycles. The second kappa shape index (κ2) is 8.03. The van der Waals surface area contributed by atoms with Crippen LogP contribution in [0.15, 0.2) is 24.3 Å². The molecule has 1 aromatic carbocycles. The summed E-state index contributed by atoms with van der Waals surface area (Å²) in [6.07, 6.45) is 3.78. The number of piperidine rings is 1.